The normalized spacial score (nSPS) is 19.6. The van der Waals surface area contributed by atoms with Gasteiger partial charge < -0.3 is 10.2 Å². The van der Waals surface area contributed by atoms with Crippen LogP contribution < -0.4 is 0 Å². The first-order chi connectivity index (χ1) is 5.24. The van der Waals surface area contributed by atoms with E-state index in [4.69, 9.17) is 5.11 Å². The molecule has 0 bridgehead atoms. The van der Waals surface area contributed by atoms with E-state index in [2.05, 4.69) is 6.92 Å². The van der Waals surface area contributed by atoms with Crippen molar-refractivity contribution in [3.05, 3.63) is 28.8 Å². The Morgan fingerprint density at radius 1 is 1.36 bits per heavy atom. The number of aliphatic hydroxyl groups excluding tert-OH is 1. The van der Waals surface area contributed by atoms with Crippen molar-refractivity contribution < 1.29 is 10.2 Å². The van der Waals surface area contributed by atoms with Crippen molar-refractivity contribution in [3.8, 4) is 5.75 Å². The van der Waals surface area contributed by atoms with Gasteiger partial charge in [0, 0.05) is 11.5 Å². The highest BCUT2D eigenvalue weighted by Gasteiger charge is 2.29. The molecule has 0 aliphatic heterocycles. The van der Waals surface area contributed by atoms with Crippen LogP contribution in [0.2, 0.25) is 0 Å². The number of benzene rings is 1. The van der Waals surface area contributed by atoms with E-state index < -0.39 is 0 Å². The van der Waals surface area contributed by atoms with Gasteiger partial charge in [-0.1, -0.05) is 6.92 Å². The largest absolute Gasteiger partial charge is 0.508 e. The Bertz CT molecular complexity index is 305. The van der Waals surface area contributed by atoms with Crippen molar-refractivity contribution >= 4 is 0 Å². The summed E-state index contributed by atoms with van der Waals surface area (Å²) in [4.78, 5) is 0. The molecule has 1 aromatic carbocycles. The molecule has 0 spiro atoms. The van der Waals surface area contributed by atoms with E-state index in [0.717, 1.165) is 0 Å². The van der Waals surface area contributed by atoms with Crippen molar-refractivity contribution in [1.82, 2.24) is 0 Å². The summed E-state index contributed by atoms with van der Waals surface area (Å²) in [6, 6.07) is 3.61. The van der Waals surface area contributed by atoms with Crippen molar-refractivity contribution in [3.63, 3.8) is 0 Å². The Morgan fingerprint density at radius 3 is 2.64 bits per heavy atom. The lowest BCUT2D eigenvalue weighted by atomic mass is 10.2. The van der Waals surface area contributed by atoms with Gasteiger partial charge in [-0.3, -0.25) is 0 Å². The molecule has 1 aromatic rings. The third-order valence-electron chi connectivity index (χ3n) is 2.30. The van der Waals surface area contributed by atoms with Crippen LogP contribution in [0.25, 0.3) is 0 Å². The van der Waals surface area contributed by atoms with Gasteiger partial charge in [0.05, 0.1) is 6.61 Å². The number of aliphatic hydroxyl groups is 1. The molecule has 2 N–H and O–H groups in total. The van der Waals surface area contributed by atoms with Crippen LogP contribution in [-0.2, 0) is 6.61 Å². The molecule has 58 valence electrons. The average Bonchev–Trinajstić information content (AvgIpc) is 2.60. The summed E-state index contributed by atoms with van der Waals surface area (Å²) in [5.41, 5.74) is 3.10. The van der Waals surface area contributed by atoms with Crippen molar-refractivity contribution in [2.45, 2.75) is 19.4 Å². The number of phenols is 1. The molecule has 0 heterocycles. The van der Waals surface area contributed by atoms with Crippen molar-refractivity contribution in [2.75, 3.05) is 0 Å². The monoisotopic (exact) mass is 150 g/mol. The predicted molar refractivity (Wildman–Crippen MR) is 41.5 cm³/mol. The third kappa shape index (κ3) is 0.828. The highest BCUT2D eigenvalue weighted by molar-refractivity contribution is 5.57. The highest BCUT2D eigenvalue weighted by Crippen LogP contribution is 2.45. The first kappa shape index (κ1) is 6.68. The SMILES string of the molecule is CC1c2cc(O)c(CO)cc21. The zero-order chi connectivity index (χ0) is 8.01. The zero-order valence-corrected chi connectivity index (χ0v) is 6.33. The fraction of sp³-hybridized carbons (Fsp3) is 0.333. The highest BCUT2D eigenvalue weighted by atomic mass is 16.3. The lowest BCUT2D eigenvalue weighted by molar-refractivity contribution is 0.275. The van der Waals surface area contributed by atoms with Gasteiger partial charge in [0.15, 0.2) is 0 Å². The standard InChI is InChI=1S/C9H10O2/c1-5-7-2-6(4-10)9(11)3-8(5)7/h2-3,5,10-11H,4H2,1H3. The van der Waals surface area contributed by atoms with Crippen molar-refractivity contribution in [1.29, 1.82) is 0 Å². The van der Waals surface area contributed by atoms with Crippen LogP contribution in [0.5, 0.6) is 5.75 Å². The van der Waals surface area contributed by atoms with Gasteiger partial charge in [-0.25, -0.2) is 0 Å². The van der Waals surface area contributed by atoms with Crippen molar-refractivity contribution in [2.24, 2.45) is 0 Å². The molecular weight excluding hydrogens is 140 g/mol. The fourth-order valence-corrected chi connectivity index (χ4v) is 1.43. The molecule has 11 heavy (non-hydrogen) atoms. The minimum atomic E-state index is -0.0775. The van der Waals surface area contributed by atoms with E-state index >= 15 is 0 Å². The lowest BCUT2D eigenvalue weighted by Gasteiger charge is -1.96. The Kier molecular flexibility index (Phi) is 1.20. The third-order valence-corrected chi connectivity index (χ3v) is 2.30. The maximum atomic E-state index is 9.28. The van der Waals surface area contributed by atoms with Crippen LogP contribution in [0.15, 0.2) is 12.1 Å². The minimum absolute atomic E-state index is 0.0775. The molecule has 2 nitrogen and oxygen atoms in total. The van der Waals surface area contributed by atoms with E-state index in [1.807, 2.05) is 6.07 Å². The summed E-state index contributed by atoms with van der Waals surface area (Å²) in [6.45, 7) is 2.01. The summed E-state index contributed by atoms with van der Waals surface area (Å²) in [5, 5.41) is 18.1. The summed E-state index contributed by atoms with van der Waals surface area (Å²) in [5.74, 6) is 0.705. The quantitative estimate of drug-likeness (QED) is 0.634. The first-order valence-electron chi connectivity index (χ1n) is 3.70. The summed E-state index contributed by atoms with van der Waals surface area (Å²) in [6.07, 6.45) is 0. The lowest BCUT2D eigenvalue weighted by Crippen LogP contribution is -1.81. The number of fused-ring (bicyclic) bond motifs is 1. The van der Waals surface area contributed by atoms with Gasteiger partial charge in [-0.15, -0.1) is 0 Å². The number of rotatable bonds is 1. The van der Waals surface area contributed by atoms with Gasteiger partial charge in [-0.05, 0) is 23.3 Å². The zero-order valence-electron chi connectivity index (χ0n) is 6.33. The van der Waals surface area contributed by atoms with Crippen LogP contribution >= 0.6 is 0 Å². The fourth-order valence-electron chi connectivity index (χ4n) is 1.43. The Hall–Kier alpha value is -1.02. The molecule has 2 heteroatoms. The number of hydrogen-bond acceptors (Lipinski definition) is 2. The second-order valence-corrected chi connectivity index (χ2v) is 2.99. The molecule has 0 aromatic heterocycles. The molecule has 1 atom stereocenters. The second kappa shape index (κ2) is 1.98. The predicted octanol–water partition coefficient (Wildman–Crippen LogP) is 1.35. The van der Waals surface area contributed by atoms with E-state index in [0.29, 0.717) is 11.5 Å². The Morgan fingerprint density at radius 2 is 2.00 bits per heavy atom. The van der Waals surface area contributed by atoms with Gasteiger partial charge in [0.2, 0.25) is 0 Å². The maximum Gasteiger partial charge on any atom is 0.121 e. The molecule has 0 saturated heterocycles. The van der Waals surface area contributed by atoms with Gasteiger partial charge >= 0.3 is 0 Å². The Labute approximate surface area is 65.1 Å². The van der Waals surface area contributed by atoms with E-state index in [9.17, 15) is 5.11 Å². The molecule has 1 aliphatic rings. The molecule has 0 fully saturated rings. The van der Waals surface area contributed by atoms with E-state index in [1.165, 1.54) is 11.1 Å². The molecular formula is C9H10O2. The maximum absolute atomic E-state index is 9.28. The van der Waals surface area contributed by atoms with E-state index in [-0.39, 0.29) is 12.4 Å². The minimum Gasteiger partial charge on any atom is -0.508 e. The van der Waals surface area contributed by atoms with Crippen LogP contribution in [0, 0.1) is 0 Å². The van der Waals surface area contributed by atoms with Gasteiger partial charge in [-0.2, -0.15) is 0 Å². The summed E-state index contributed by atoms with van der Waals surface area (Å²) in [7, 11) is 0. The van der Waals surface area contributed by atoms with Crippen LogP contribution in [-0.4, -0.2) is 10.2 Å². The molecule has 1 unspecified atom stereocenters. The number of hydrogen-bond donors (Lipinski definition) is 2. The van der Waals surface area contributed by atoms with Crippen LogP contribution in [0.4, 0.5) is 0 Å². The van der Waals surface area contributed by atoms with Crippen LogP contribution in [0.3, 0.4) is 0 Å². The first-order valence-corrected chi connectivity index (χ1v) is 3.70. The molecule has 0 saturated carbocycles. The molecule has 0 amide bonds. The molecule has 0 radical (unpaired) electrons. The smallest absolute Gasteiger partial charge is 0.121 e. The van der Waals surface area contributed by atoms with Gasteiger partial charge in [0.25, 0.3) is 0 Å². The topological polar surface area (TPSA) is 40.5 Å². The summed E-state index contributed by atoms with van der Waals surface area (Å²) < 4.78 is 0. The molecule has 1 aliphatic carbocycles. The summed E-state index contributed by atoms with van der Waals surface area (Å²) >= 11 is 0. The van der Waals surface area contributed by atoms with Gasteiger partial charge in [0.1, 0.15) is 5.75 Å². The average molecular weight is 150 g/mol. The molecule has 2 rings (SSSR count). The van der Waals surface area contributed by atoms with Crippen LogP contribution in [0.1, 0.15) is 29.5 Å². The second-order valence-electron chi connectivity index (χ2n) is 2.99. The Balaban J connectivity index is 2.48. The van der Waals surface area contributed by atoms with E-state index in [1.54, 1.807) is 6.07 Å². The number of aromatic hydroxyl groups is 1.